The fourth-order valence-electron chi connectivity index (χ4n) is 3.30. The Morgan fingerprint density at radius 2 is 1.71 bits per heavy atom. The third kappa shape index (κ3) is 5.12. The molecule has 28 heavy (non-hydrogen) atoms. The number of benzene rings is 2. The number of nitrogens with zero attached hydrogens (tertiary/aromatic N) is 3. The molecule has 1 aromatic heterocycles. The maximum Gasteiger partial charge on any atom is 0.321 e. The summed E-state index contributed by atoms with van der Waals surface area (Å²) in [5.74, 6) is 0.507. The summed E-state index contributed by atoms with van der Waals surface area (Å²) in [5.41, 5.74) is 2.31. The molecule has 3 aromatic rings. The summed E-state index contributed by atoms with van der Waals surface area (Å²) in [5, 5.41) is 0. The van der Waals surface area contributed by atoms with Crippen molar-refractivity contribution >= 4 is 0 Å². The summed E-state index contributed by atoms with van der Waals surface area (Å²) < 4.78 is 24.6. The zero-order valence-corrected chi connectivity index (χ0v) is 15.5. The second-order valence-corrected chi connectivity index (χ2v) is 6.84. The highest BCUT2D eigenvalue weighted by Gasteiger charge is 2.21. The molecule has 5 nitrogen and oxygen atoms in total. The monoisotopic (exact) mass is 379 g/mol. The minimum atomic E-state index is -0.207. The van der Waals surface area contributed by atoms with Crippen LogP contribution in [0.4, 0.5) is 4.39 Å². The van der Waals surface area contributed by atoms with Crippen LogP contribution in [-0.2, 0) is 17.7 Å². The van der Waals surface area contributed by atoms with Crippen molar-refractivity contribution in [2.45, 2.75) is 19.1 Å². The smallest absolute Gasteiger partial charge is 0.321 e. The van der Waals surface area contributed by atoms with Gasteiger partial charge in [-0.3, -0.25) is 4.90 Å². The quantitative estimate of drug-likeness (QED) is 0.651. The highest BCUT2D eigenvalue weighted by Crippen LogP contribution is 2.20. The van der Waals surface area contributed by atoms with Gasteiger partial charge in [0.25, 0.3) is 0 Å². The average molecular weight is 379 g/mol. The van der Waals surface area contributed by atoms with Crippen molar-refractivity contribution < 1.29 is 13.9 Å². The molecule has 0 aliphatic carbocycles. The minimum Gasteiger partial charge on any atom is -0.424 e. The lowest BCUT2D eigenvalue weighted by Gasteiger charge is -2.33. The van der Waals surface area contributed by atoms with Crippen LogP contribution in [0, 0.1) is 5.82 Å². The van der Waals surface area contributed by atoms with E-state index in [-0.39, 0.29) is 11.9 Å². The van der Waals surface area contributed by atoms with E-state index < -0.39 is 0 Å². The van der Waals surface area contributed by atoms with Gasteiger partial charge >= 0.3 is 6.01 Å². The Kier molecular flexibility index (Phi) is 5.89. The van der Waals surface area contributed by atoms with Gasteiger partial charge in [-0.25, -0.2) is 14.4 Å². The Balaban J connectivity index is 1.31. The predicted molar refractivity (Wildman–Crippen MR) is 104 cm³/mol. The van der Waals surface area contributed by atoms with Crippen LogP contribution < -0.4 is 4.74 Å². The Morgan fingerprint density at radius 3 is 2.46 bits per heavy atom. The van der Waals surface area contributed by atoms with E-state index in [1.807, 2.05) is 24.3 Å². The SMILES string of the molecule is Fc1ccc(C[C@H]2CN(Cc3ccc(Oc4ncccn4)cc3)CCO2)cc1. The zero-order chi connectivity index (χ0) is 19.2. The second-order valence-electron chi connectivity index (χ2n) is 6.84. The normalized spacial score (nSPS) is 17.4. The molecule has 1 saturated heterocycles. The van der Waals surface area contributed by atoms with Crippen LogP contribution in [0.15, 0.2) is 67.0 Å². The number of morpholine rings is 1. The summed E-state index contributed by atoms with van der Waals surface area (Å²) in [6, 6.07) is 16.7. The van der Waals surface area contributed by atoms with Crippen molar-refractivity contribution in [2.75, 3.05) is 19.7 Å². The summed E-state index contributed by atoms with van der Waals surface area (Å²) >= 11 is 0. The first kappa shape index (κ1) is 18.5. The van der Waals surface area contributed by atoms with E-state index in [0.29, 0.717) is 18.4 Å². The van der Waals surface area contributed by atoms with Crippen molar-refractivity contribution in [3.63, 3.8) is 0 Å². The maximum absolute atomic E-state index is 13.1. The number of hydrogen-bond acceptors (Lipinski definition) is 5. The molecule has 0 N–H and O–H groups in total. The second kappa shape index (κ2) is 8.91. The topological polar surface area (TPSA) is 47.5 Å². The molecule has 0 bridgehead atoms. The number of aromatic nitrogens is 2. The van der Waals surface area contributed by atoms with E-state index in [9.17, 15) is 4.39 Å². The maximum atomic E-state index is 13.1. The lowest BCUT2D eigenvalue weighted by molar-refractivity contribution is -0.0305. The summed E-state index contributed by atoms with van der Waals surface area (Å²) in [7, 11) is 0. The number of halogens is 1. The molecule has 4 rings (SSSR count). The molecule has 1 atom stereocenters. The van der Waals surface area contributed by atoms with Crippen LogP contribution in [0.5, 0.6) is 11.8 Å². The molecule has 6 heteroatoms. The lowest BCUT2D eigenvalue weighted by atomic mass is 10.1. The molecule has 0 amide bonds. The van der Waals surface area contributed by atoms with Crippen LogP contribution in [-0.4, -0.2) is 40.7 Å². The molecule has 1 fully saturated rings. The lowest BCUT2D eigenvalue weighted by Crippen LogP contribution is -2.42. The van der Waals surface area contributed by atoms with Gasteiger partial charge in [0.2, 0.25) is 0 Å². The Labute approximate surface area is 163 Å². The molecule has 0 saturated carbocycles. The van der Waals surface area contributed by atoms with E-state index in [0.717, 1.165) is 31.6 Å². The Bertz CT molecular complexity index is 873. The fourth-order valence-corrected chi connectivity index (χ4v) is 3.30. The Morgan fingerprint density at radius 1 is 1.00 bits per heavy atom. The molecule has 2 aromatic carbocycles. The number of rotatable bonds is 6. The minimum absolute atomic E-state index is 0.122. The molecular formula is C22H22FN3O2. The van der Waals surface area contributed by atoms with Gasteiger partial charge in [0.05, 0.1) is 12.7 Å². The fraction of sp³-hybridized carbons (Fsp3) is 0.273. The van der Waals surface area contributed by atoms with E-state index in [1.165, 1.54) is 17.7 Å². The van der Waals surface area contributed by atoms with Crippen LogP contribution in [0.2, 0.25) is 0 Å². The van der Waals surface area contributed by atoms with Gasteiger partial charge in [-0.05, 0) is 47.9 Å². The molecule has 0 spiro atoms. The molecule has 1 aliphatic heterocycles. The van der Waals surface area contributed by atoms with Gasteiger partial charge in [0.15, 0.2) is 0 Å². The summed E-state index contributed by atoms with van der Waals surface area (Å²) in [6.45, 7) is 3.31. The zero-order valence-electron chi connectivity index (χ0n) is 15.5. The molecule has 2 heterocycles. The third-order valence-corrected chi connectivity index (χ3v) is 4.68. The van der Waals surface area contributed by atoms with Crippen LogP contribution in [0.3, 0.4) is 0 Å². The standard InChI is InChI=1S/C22H22FN3O2/c23-19-6-2-17(3-7-19)14-21-16-26(12-13-27-21)15-18-4-8-20(9-5-18)28-22-24-10-1-11-25-22/h1-11,21H,12-16H2/t21-/m0/s1. The van der Waals surface area contributed by atoms with Crippen LogP contribution in [0.1, 0.15) is 11.1 Å². The molecule has 0 radical (unpaired) electrons. The Hall–Kier alpha value is -2.83. The van der Waals surface area contributed by atoms with Crippen molar-refractivity contribution in [3.05, 3.63) is 83.9 Å². The van der Waals surface area contributed by atoms with Gasteiger partial charge in [-0.15, -0.1) is 0 Å². The van der Waals surface area contributed by atoms with E-state index in [1.54, 1.807) is 18.5 Å². The highest BCUT2D eigenvalue weighted by molar-refractivity contribution is 5.29. The largest absolute Gasteiger partial charge is 0.424 e. The van der Waals surface area contributed by atoms with E-state index in [4.69, 9.17) is 9.47 Å². The van der Waals surface area contributed by atoms with Gasteiger partial charge < -0.3 is 9.47 Å². The van der Waals surface area contributed by atoms with Gasteiger partial charge in [0, 0.05) is 32.0 Å². The predicted octanol–water partition coefficient (Wildman–Crippen LogP) is 3.85. The molecule has 0 unspecified atom stereocenters. The summed E-state index contributed by atoms with van der Waals surface area (Å²) in [6.07, 6.45) is 4.22. The number of hydrogen-bond donors (Lipinski definition) is 0. The number of ether oxygens (including phenoxy) is 2. The summed E-state index contributed by atoms with van der Waals surface area (Å²) in [4.78, 5) is 10.5. The van der Waals surface area contributed by atoms with Gasteiger partial charge in [0.1, 0.15) is 11.6 Å². The van der Waals surface area contributed by atoms with E-state index in [2.05, 4.69) is 27.0 Å². The van der Waals surface area contributed by atoms with Crippen molar-refractivity contribution in [2.24, 2.45) is 0 Å². The van der Waals surface area contributed by atoms with Crippen molar-refractivity contribution in [1.82, 2.24) is 14.9 Å². The first-order chi connectivity index (χ1) is 13.7. The molecule has 1 aliphatic rings. The van der Waals surface area contributed by atoms with Gasteiger partial charge in [-0.1, -0.05) is 24.3 Å². The van der Waals surface area contributed by atoms with Crippen LogP contribution >= 0.6 is 0 Å². The average Bonchev–Trinajstić information content (AvgIpc) is 2.72. The van der Waals surface area contributed by atoms with Crippen molar-refractivity contribution in [1.29, 1.82) is 0 Å². The van der Waals surface area contributed by atoms with Crippen LogP contribution in [0.25, 0.3) is 0 Å². The van der Waals surface area contributed by atoms with E-state index >= 15 is 0 Å². The third-order valence-electron chi connectivity index (χ3n) is 4.68. The first-order valence-electron chi connectivity index (χ1n) is 9.37. The highest BCUT2D eigenvalue weighted by atomic mass is 19.1. The van der Waals surface area contributed by atoms with Gasteiger partial charge in [-0.2, -0.15) is 0 Å². The molecular weight excluding hydrogens is 357 g/mol. The molecule has 144 valence electrons. The first-order valence-corrected chi connectivity index (χ1v) is 9.37. The van der Waals surface area contributed by atoms with Crippen molar-refractivity contribution in [3.8, 4) is 11.8 Å².